The summed E-state index contributed by atoms with van der Waals surface area (Å²) in [7, 11) is 0. The zero-order chi connectivity index (χ0) is 16.0. The first-order chi connectivity index (χ1) is 10.4. The largest absolute Gasteiger partial charge is 0.455 e. The van der Waals surface area contributed by atoms with E-state index in [2.05, 4.69) is 31.4 Å². The fourth-order valence-electron chi connectivity index (χ4n) is 1.79. The summed E-state index contributed by atoms with van der Waals surface area (Å²) < 4.78 is 5.81. The lowest BCUT2D eigenvalue weighted by atomic mass is 9.97. The van der Waals surface area contributed by atoms with Gasteiger partial charge in [0.2, 0.25) is 0 Å². The Kier molecular flexibility index (Phi) is 5.04. The van der Waals surface area contributed by atoms with Gasteiger partial charge in [0.15, 0.2) is 5.75 Å². The minimum Gasteiger partial charge on any atom is -0.455 e. The average Bonchev–Trinajstić information content (AvgIpc) is 2.48. The van der Waals surface area contributed by atoms with Crippen LogP contribution in [0, 0.1) is 5.41 Å². The highest BCUT2D eigenvalue weighted by atomic mass is 16.5. The number of hydrogen-bond acceptors (Lipinski definition) is 2. The van der Waals surface area contributed by atoms with Crippen molar-refractivity contribution < 1.29 is 9.53 Å². The number of ether oxygens (including phenoxy) is 1. The first-order valence-corrected chi connectivity index (χ1v) is 7.31. The molecule has 2 N–H and O–H groups in total. The van der Waals surface area contributed by atoms with Crippen molar-refractivity contribution >= 4 is 11.7 Å². The van der Waals surface area contributed by atoms with Crippen LogP contribution < -0.4 is 15.4 Å². The summed E-state index contributed by atoms with van der Waals surface area (Å²) in [5.74, 6) is 1.34. The number of carbonyl (C=O) groups is 1. The van der Waals surface area contributed by atoms with Gasteiger partial charge in [-0.2, -0.15) is 0 Å². The summed E-state index contributed by atoms with van der Waals surface area (Å²) in [6, 6.07) is 16.6. The zero-order valence-corrected chi connectivity index (χ0v) is 13.2. The van der Waals surface area contributed by atoms with Crippen molar-refractivity contribution in [3.05, 3.63) is 54.6 Å². The van der Waals surface area contributed by atoms with E-state index in [1.165, 1.54) is 0 Å². The van der Waals surface area contributed by atoms with Gasteiger partial charge in [-0.1, -0.05) is 51.1 Å². The van der Waals surface area contributed by atoms with Crippen molar-refractivity contribution in [3.63, 3.8) is 0 Å². The molecule has 2 amide bonds. The molecule has 0 saturated heterocycles. The van der Waals surface area contributed by atoms with Crippen molar-refractivity contribution in [2.75, 3.05) is 11.9 Å². The lowest BCUT2D eigenvalue weighted by molar-refractivity contribution is 0.247. The molecule has 0 atom stereocenters. The number of urea groups is 1. The smallest absolute Gasteiger partial charge is 0.319 e. The second kappa shape index (κ2) is 6.98. The molecule has 0 aliphatic rings. The molecule has 0 unspecified atom stereocenters. The number of amides is 2. The van der Waals surface area contributed by atoms with Crippen LogP contribution in [-0.2, 0) is 0 Å². The zero-order valence-electron chi connectivity index (χ0n) is 13.2. The number of carbonyl (C=O) groups excluding carboxylic acids is 1. The maximum absolute atomic E-state index is 12.0. The summed E-state index contributed by atoms with van der Waals surface area (Å²) in [6.45, 7) is 6.81. The third kappa shape index (κ3) is 5.13. The van der Waals surface area contributed by atoms with Crippen LogP contribution in [0.1, 0.15) is 20.8 Å². The Morgan fingerprint density at radius 1 is 1.00 bits per heavy atom. The number of nitrogens with one attached hydrogen (secondary N) is 2. The Morgan fingerprint density at radius 2 is 1.64 bits per heavy atom. The molecule has 0 spiro atoms. The van der Waals surface area contributed by atoms with Crippen LogP contribution >= 0.6 is 0 Å². The van der Waals surface area contributed by atoms with Crippen LogP contribution in [0.4, 0.5) is 10.5 Å². The molecule has 2 aromatic carbocycles. The molecule has 0 heterocycles. The van der Waals surface area contributed by atoms with Gasteiger partial charge in [0.25, 0.3) is 0 Å². The lowest BCUT2D eigenvalue weighted by Crippen LogP contribution is -2.35. The monoisotopic (exact) mass is 298 g/mol. The third-order valence-electron chi connectivity index (χ3n) is 2.89. The van der Waals surface area contributed by atoms with Crippen LogP contribution in [0.15, 0.2) is 54.6 Å². The van der Waals surface area contributed by atoms with Gasteiger partial charge in [-0.15, -0.1) is 0 Å². The van der Waals surface area contributed by atoms with Crippen LogP contribution in [0.25, 0.3) is 0 Å². The highest BCUT2D eigenvalue weighted by Gasteiger charge is 2.13. The molecule has 0 aliphatic carbocycles. The van der Waals surface area contributed by atoms with Crippen LogP contribution in [0.2, 0.25) is 0 Å². The molecule has 0 aliphatic heterocycles. The van der Waals surface area contributed by atoms with Crippen molar-refractivity contribution in [1.82, 2.24) is 5.32 Å². The third-order valence-corrected chi connectivity index (χ3v) is 2.89. The molecular weight excluding hydrogens is 276 g/mol. The van der Waals surface area contributed by atoms with E-state index in [0.717, 1.165) is 5.75 Å². The first kappa shape index (κ1) is 15.9. The van der Waals surface area contributed by atoms with Gasteiger partial charge in [-0.25, -0.2) is 4.79 Å². The van der Waals surface area contributed by atoms with E-state index in [0.29, 0.717) is 18.0 Å². The standard InChI is InChI=1S/C18H22N2O2/c1-18(2,3)13-19-17(21)20-15-11-7-8-12-16(15)22-14-9-5-4-6-10-14/h4-12H,13H2,1-3H3,(H2,19,20,21). The molecule has 0 radical (unpaired) electrons. The summed E-state index contributed by atoms with van der Waals surface area (Å²) in [5, 5.41) is 5.68. The summed E-state index contributed by atoms with van der Waals surface area (Å²) in [5.41, 5.74) is 0.676. The van der Waals surface area contributed by atoms with E-state index in [1.807, 2.05) is 54.6 Å². The molecule has 4 heteroatoms. The van der Waals surface area contributed by atoms with E-state index < -0.39 is 0 Å². The van der Waals surface area contributed by atoms with E-state index in [9.17, 15) is 4.79 Å². The molecule has 2 rings (SSSR count). The molecule has 0 fully saturated rings. The lowest BCUT2D eigenvalue weighted by Gasteiger charge is -2.19. The Balaban J connectivity index is 2.04. The Labute approximate surface area is 131 Å². The van der Waals surface area contributed by atoms with Gasteiger partial charge in [-0.3, -0.25) is 0 Å². The SMILES string of the molecule is CC(C)(C)CNC(=O)Nc1ccccc1Oc1ccccc1. The molecule has 22 heavy (non-hydrogen) atoms. The molecule has 0 saturated carbocycles. The minimum absolute atomic E-state index is 0.0391. The normalized spacial score (nSPS) is 10.9. The first-order valence-electron chi connectivity index (χ1n) is 7.31. The van der Waals surface area contributed by atoms with Crippen molar-refractivity contribution in [3.8, 4) is 11.5 Å². The van der Waals surface area contributed by atoms with Crippen LogP contribution in [0.3, 0.4) is 0 Å². The highest BCUT2D eigenvalue weighted by Crippen LogP contribution is 2.28. The fraction of sp³-hybridized carbons (Fsp3) is 0.278. The van der Waals surface area contributed by atoms with E-state index >= 15 is 0 Å². The maximum Gasteiger partial charge on any atom is 0.319 e. The predicted molar refractivity (Wildman–Crippen MR) is 89.4 cm³/mol. The van der Waals surface area contributed by atoms with Gasteiger partial charge < -0.3 is 15.4 Å². The van der Waals surface area contributed by atoms with E-state index in [4.69, 9.17) is 4.74 Å². The summed E-state index contributed by atoms with van der Waals surface area (Å²) >= 11 is 0. The quantitative estimate of drug-likeness (QED) is 0.863. The van der Waals surface area contributed by atoms with Crippen molar-refractivity contribution in [2.24, 2.45) is 5.41 Å². The van der Waals surface area contributed by atoms with E-state index in [1.54, 1.807) is 0 Å². The van der Waals surface area contributed by atoms with Crippen LogP contribution in [0.5, 0.6) is 11.5 Å². The highest BCUT2D eigenvalue weighted by molar-refractivity contribution is 5.90. The van der Waals surface area contributed by atoms with Gasteiger partial charge in [0.1, 0.15) is 5.75 Å². The Bertz CT molecular complexity index is 618. The second-order valence-corrected chi connectivity index (χ2v) is 6.28. The fourth-order valence-corrected chi connectivity index (χ4v) is 1.79. The second-order valence-electron chi connectivity index (χ2n) is 6.28. The summed E-state index contributed by atoms with van der Waals surface area (Å²) in [6.07, 6.45) is 0. The number of para-hydroxylation sites is 3. The molecule has 116 valence electrons. The van der Waals surface area contributed by atoms with Crippen molar-refractivity contribution in [2.45, 2.75) is 20.8 Å². The Morgan fingerprint density at radius 3 is 2.32 bits per heavy atom. The predicted octanol–water partition coefficient (Wildman–Crippen LogP) is 4.65. The molecule has 0 aromatic heterocycles. The summed E-state index contributed by atoms with van der Waals surface area (Å²) in [4.78, 5) is 12.0. The van der Waals surface area contributed by atoms with Gasteiger partial charge in [0.05, 0.1) is 5.69 Å². The molecule has 2 aromatic rings. The van der Waals surface area contributed by atoms with Crippen molar-refractivity contribution in [1.29, 1.82) is 0 Å². The minimum atomic E-state index is -0.237. The maximum atomic E-state index is 12.0. The van der Waals surface area contributed by atoms with Gasteiger partial charge in [-0.05, 0) is 29.7 Å². The Hall–Kier alpha value is -2.49. The topological polar surface area (TPSA) is 50.4 Å². The molecule has 0 bridgehead atoms. The van der Waals surface area contributed by atoms with Gasteiger partial charge >= 0.3 is 6.03 Å². The molecule has 4 nitrogen and oxygen atoms in total. The van der Waals surface area contributed by atoms with E-state index in [-0.39, 0.29) is 11.4 Å². The number of anilines is 1. The number of hydrogen-bond donors (Lipinski definition) is 2. The molecular formula is C18H22N2O2. The van der Waals surface area contributed by atoms with Gasteiger partial charge in [0, 0.05) is 6.54 Å². The number of rotatable bonds is 4. The average molecular weight is 298 g/mol. The number of benzene rings is 2. The van der Waals surface area contributed by atoms with Crippen LogP contribution in [-0.4, -0.2) is 12.6 Å².